The molecule has 19 heavy (non-hydrogen) atoms. The van der Waals surface area contributed by atoms with E-state index in [1.807, 2.05) is 19.1 Å². The molecule has 0 saturated heterocycles. The highest BCUT2D eigenvalue weighted by molar-refractivity contribution is 5.87. The van der Waals surface area contributed by atoms with Gasteiger partial charge in [0.25, 0.3) is 0 Å². The maximum Gasteiger partial charge on any atom is 0.335 e. The van der Waals surface area contributed by atoms with Gasteiger partial charge in [0.1, 0.15) is 12.4 Å². The van der Waals surface area contributed by atoms with Gasteiger partial charge in [-0.25, -0.2) is 4.79 Å². The summed E-state index contributed by atoms with van der Waals surface area (Å²) < 4.78 is 5.68. The molecule has 0 spiro atoms. The zero-order valence-electron chi connectivity index (χ0n) is 10.6. The topological polar surface area (TPSA) is 72.5 Å². The number of hydrogen-bond acceptors (Lipinski definition) is 3. The Labute approximate surface area is 111 Å². The van der Waals surface area contributed by atoms with Crippen molar-refractivity contribution in [2.45, 2.75) is 13.5 Å². The van der Waals surface area contributed by atoms with E-state index in [0.29, 0.717) is 12.3 Å². The highest BCUT2D eigenvalue weighted by Gasteiger charge is 2.03. The molecule has 4 nitrogen and oxygen atoms in total. The highest BCUT2D eigenvalue weighted by atomic mass is 16.5. The zero-order valence-corrected chi connectivity index (χ0v) is 10.6. The summed E-state index contributed by atoms with van der Waals surface area (Å²) >= 11 is 0. The van der Waals surface area contributed by atoms with Crippen LogP contribution in [0.15, 0.2) is 42.5 Å². The number of carbonyl (C=O) groups is 1. The Hall–Kier alpha value is -2.49. The monoisotopic (exact) mass is 257 g/mol. The number of nitrogens with two attached hydrogens (primary N) is 1. The second-order valence-corrected chi connectivity index (χ2v) is 4.32. The van der Waals surface area contributed by atoms with Crippen molar-refractivity contribution in [3.8, 4) is 5.75 Å². The summed E-state index contributed by atoms with van der Waals surface area (Å²) in [4.78, 5) is 10.7. The van der Waals surface area contributed by atoms with E-state index in [2.05, 4.69) is 0 Å². The first-order chi connectivity index (χ1) is 9.06. The summed E-state index contributed by atoms with van der Waals surface area (Å²) in [5.74, 6) is -0.154. The molecule has 98 valence electrons. The molecular formula is C15H15NO3. The SMILES string of the molecule is Cc1cc(N)ccc1OCc1ccc(C(=O)O)cc1. The quantitative estimate of drug-likeness (QED) is 0.826. The molecule has 0 aliphatic carbocycles. The number of aromatic carboxylic acids is 1. The van der Waals surface area contributed by atoms with E-state index in [1.54, 1.807) is 30.3 Å². The van der Waals surface area contributed by atoms with Crippen molar-refractivity contribution in [1.82, 2.24) is 0 Å². The number of aryl methyl sites for hydroxylation is 1. The number of nitrogen functional groups attached to an aromatic ring is 1. The minimum atomic E-state index is -0.929. The van der Waals surface area contributed by atoms with Crippen LogP contribution in [0.1, 0.15) is 21.5 Å². The van der Waals surface area contributed by atoms with Crippen molar-refractivity contribution >= 4 is 11.7 Å². The Morgan fingerprint density at radius 3 is 2.47 bits per heavy atom. The summed E-state index contributed by atoms with van der Waals surface area (Å²) in [6.45, 7) is 2.32. The molecule has 0 bridgehead atoms. The average Bonchev–Trinajstić information content (AvgIpc) is 2.38. The first-order valence-corrected chi connectivity index (χ1v) is 5.87. The number of anilines is 1. The molecule has 4 heteroatoms. The van der Waals surface area contributed by atoms with Crippen molar-refractivity contribution in [2.75, 3.05) is 5.73 Å². The molecule has 0 amide bonds. The Bertz CT molecular complexity index is 591. The van der Waals surface area contributed by atoms with Gasteiger partial charge in [0, 0.05) is 5.69 Å². The fraction of sp³-hybridized carbons (Fsp3) is 0.133. The largest absolute Gasteiger partial charge is 0.489 e. The fourth-order valence-corrected chi connectivity index (χ4v) is 1.74. The van der Waals surface area contributed by atoms with Crippen molar-refractivity contribution < 1.29 is 14.6 Å². The molecule has 0 atom stereocenters. The van der Waals surface area contributed by atoms with Crippen molar-refractivity contribution in [3.63, 3.8) is 0 Å². The third-order valence-electron chi connectivity index (χ3n) is 2.79. The molecule has 0 unspecified atom stereocenters. The van der Waals surface area contributed by atoms with Gasteiger partial charge in [-0.05, 0) is 48.4 Å². The maximum atomic E-state index is 10.7. The first-order valence-electron chi connectivity index (χ1n) is 5.87. The Kier molecular flexibility index (Phi) is 3.71. The summed E-state index contributed by atoms with van der Waals surface area (Å²) in [7, 11) is 0. The van der Waals surface area contributed by atoms with E-state index in [0.717, 1.165) is 16.9 Å². The molecule has 0 saturated carbocycles. The molecule has 0 radical (unpaired) electrons. The van der Waals surface area contributed by atoms with E-state index >= 15 is 0 Å². The van der Waals surface area contributed by atoms with Gasteiger partial charge in [-0.1, -0.05) is 12.1 Å². The maximum absolute atomic E-state index is 10.7. The van der Waals surface area contributed by atoms with Crippen molar-refractivity contribution in [3.05, 3.63) is 59.2 Å². The number of benzene rings is 2. The molecule has 2 aromatic rings. The normalized spacial score (nSPS) is 10.2. The third-order valence-corrected chi connectivity index (χ3v) is 2.79. The van der Waals surface area contributed by atoms with Crippen LogP contribution in [0.25, 0.3) is 0 Å². The van der Waals surface area contributed by atoms with Crippen LogP contribution in [0.3, 0.4) is 0 Å². The van der Waals surface area contributed by atoms with Crippen molar-refractivity contribution in [1.29, 1.82) is 0 Å². The van der Waals surface area contributed by atoms with Crippen LogP contribution in [0.2, 0.25) is 0 Å². The fourth-order valence-electron chi connectivity index (χ4n) is 1.74. The van der Waals surface area contributed by atoms with Gasteiger partial charge in [-0.2, -0.15) is 0 Å². The molecule has 2 rings (SSSR count). The molecule has 0 aromatic heterocycles. The van der Waals surface area contributed by atoms with Crippen LogP contribution in [-0.4, -0.2) is 11.1 Å². The predicted octanol–water partition coefficient (Wildman–Crippen LogP) is 2.85. The lowest BCUT2D eigenvalue weighted by atomic mass is 10.1. The Morgan fingerprint density at radius 2 is 1.89 bits per heavy atom. The van der Waals surface area contributed by atoms with E-state index < -0.39 is 5.97 Å². The van der Waals surface area contributed by atoms with Crippen LogP contribution in [-0.2, 0) is 6.61 Å². The first kappa shape index (κ1) is 13.0. The Balaban J connectivity index is 2.04. The number of carboxylic acid groups (broad SMARTS) is 1. The minimum Gasteiger partial charge on any atom is -0.489 e. The lowest BCUT2D eigenvalue weighted by Crippen LogP contribution is -2.00. The minimum absolute atomic E-state index is 0.271. The molecule has 0 fully saturated rings. The van der Waals surface area contributed by atoms with Crippen LogP contribution in [0.4, 0.5) is 5.69 Å². The van der Waals surface area contributed by atoms with Gasteiger partial charge in [0.05, 0.1) is 5.56 Å². The summed E-state index contributed by atoms with van der Waals surface area (Å²) in [6.07, 6.45) is 0. The van der Waals surface area contributed by atoms with Crippen molar-refractivity contribution in [2.24, 2.45) is 0 Å². The van der Waals surface area contributed by atoms with Crippen LogP contribution in [0, 0.1) is 6.92 Å². The number of rotatable bonds is 4. The molecule has 3 N–H and O–H groups in total. The van der Waals surface area contributed by atoms with Crippen LogP contribution < -0.4 is 10.5 Å². The Morgan fingerprint density at radius 1 is 1.21 bits per heavy atom. The lowest BCUT2D eigenvalue weighted by Gasteiger charge is -2.09. The van der Waals surface area contributed by atoms with Gasteiger partial charge in [0.2, 0.25) is 0 Å². The standard InChI is InChI=1S/C15H15NO3/c1-10-8-13(16)6-7-14(10)19-9-11-2-4-12(5-3-11)15(17)18/h2-8H,9,16H2,1H3,(H,17,18). The smallest absolute Gasteiger partial charge is 0.335 e. The molecule has 0 heterocycles. The summed E-state index contributed by atoms with van der Waals surface area (Å²) in [5.41, 5.74) is 8.54. The lowest BCUT2D eigenvalue weighted by molar-refractivity contribution is 0.0697. The van der Waals surface area contributed by atoms with Gasteiger partial charge in [-0.3, -0.25) is 0 Å². The second-order valence-electron chi connectivity index (χ2n) is 4.32. The van der Waals surface area contributed by atoms with E-state index in [-0.39, 0.29) is 5.56 Å². The zero-order chi connectivity index (χ0) is 13.8. The van der Waals surface area contributed by atoms with Gasteiger partial charge in [0.15, 0.2) is 0 Å². The molecular weight excluding hydrogens is 242 g/mol. The van der Waals surface area contributed by atoms with Crippen LogP contribution >= 0.6 is 0 Å². The molecule has 0 aliphatic rings. The van der Waals surface area contributed by atoms with E-state index in [4.69, 9.17) is 15.6 Å². The van der Waals surface area contributed by atoms with E-state index in [9.17, 15) is 4.79 Å². The van der Waals surface area contributed by atoms with Gasteiger partial charge >= 0.3 is 5.97 Å². The van der Waals surface area contributed by atoms with Crippen LogP contribution in [0.5, 0.6) is 5.75 Å². The molecule has 2 aromatic carbocycles. The number of ether oxygens (including phenoxy) is 1. The predicted molar refractivity (Wildman–Crippen MR) is 73.3 cm³/mol. The second kappa shape index (κ2) is 5.44. The number of hydrogen-bond donors (Lipinski definition) is 2. The van der Waals surface area contributed by atoms with Gasteiger partial charge in [-0.15, -0.1) is 0 Å². The third kappa shape index (κ3) is 3.25. The summed E-state index contributed by atoms with van der Waals surface area (Å²) in [5, 5.41) is 8.80. The van der Waals surface area contributed by atoms with Gasteiger partial charge < -0.3 is 15.6 Å². The number of carboxylic acids is 1. The average molecular weight is 257 g/mol. The van der Waals surface area contributed by atoms with E-state index in [1.165, 1.54) is 0 Å². The molecule has 0 aliphatic heterocycles. The highest BCUT2D eigenvalue weighted by Crippen LogP contribution is 2.21. The summed E-state index contributed by atoms with van der Waals surface area (Å²) in [6, 6.07) is 12.1.